The lowest BCUT2D eigenvalue weighted by molar-refractivity contribution is -0.119. The summed E-state index contributed by atoms with van der Waals surface area (Å²) < 4.78 is 0.638. The number of thioether (sulfide) groups is 1. The van der Waals surface area contributed by atoms with E-state index in [0.717, 1.165) is 5.56 Å². The standard InChI is InChI=1S/C16H20N4O2S2/c1-10-6-5-7-11(8-10)13(22)17-14-19-20-15(24-14)23-9-12(21)18-16(2,3)4/h5-8H,9H2,1-4H3,(H,18,21)(H,17,19,22). The molecule has 2 aromatic rings. The molecule has 2 rings (SSSR count). The predicted octanol–water partition coefficient (Wildman–Crippen LogP) is 3.11. The number of nitrogens with one attached hydrogen (secondary N) is 2. The average molecular weight is 364 g/mol. The van der Waals surface area contributed by atoms with Crippen molar-refractivity contribution in [3.8, 4) is 0 Å². The molecule has 8 heteroatoms. The van der Waals surface area contributed by atoms with Crippen LogP contribution in [0.4, 0.5) is 5.13 Å². The largest absolute Gasteiger partial charge is 0.351 e. The lowest BCUT2D eigenvalue weighted by Gasteiger charge is -2.19. The highest BCUT2D eigenvalue weighted by Gasteiger charge is 2.15. The molecule has 0 saturated heterocycles. The molecule has 0 spiro atoms. The molecule has 0 fully saturated rings. The predicted molar refractivity (Wildman–Crippen MR) is 97.7 cm³/mol. The van der Waals surface area contributed by atoms with Gasteiger partial charge in [0.2, 0.25) is 11.0 Å². The topological polar surface area (TPSA) is 84.0 Å². The first-order valence-electron chi connectivity index (χ1n) is 7.38. The van der Waals surface area contributed by atoms with Crippen LogP contribution in [0.25, 0.3) is 0 Å². The van der Waals surface area contributed by atoms with Crippen molar-refractivity contribution in [2.45, 2.75) is 37.6 Å². The summed E-state index contributed by atoms with van der Waals surface area (Å²) in [5.74, 6) is -0.0255. The summed E-state index contributed by atoms with van der Waals surface area (Å²) in [6.45, 7) is 7.72. The summed E-state index contributed by atoms with van der Waals surface area (Å²) in [7, 11) is 0. The lowest BCUT2D eigenvalue weighted by Crippen LogP contribution is -2.41. The Bertz CT molecular complexity index is 738. The lowest BCUT2D eigenvalue weighted by atomic mass is 10.1. The molecule has 1 aromatic heterocycles. The van der Waals surface area contributed by atoms with Gasteiger partial charge in [0.15, 0.2) is 4.34 Å². The molecular formula is C16H20N4O2S2. The maximum Gasteiger partial charge on any atom is 0.257 e. The van der Waals surface area contributed by atoms with Crippen LogP contribution in [0.5, 0.6) is 0 Å². The summed E-state index contributed by atoms with van der Waals surface area (Å²) in [6, 6.07) is 7.32. The van der Waals surface area contributed by atoms with Crippen LogP contribution in [0, 0.1) is 6.92 Å². The van der Waals surface area contributed by atoms with Crippen molar-refractivity contribution < 1.29 is 9.59 Å². The second kappa shape index (κ2) is 7.76. The molecule has 0 aliphatic carbocycles. The van der Waals surface area contributed by atoms with Crippen molar-refractivity contribution in [1.82, 2.24) is 15.5 Å². The van der Waals surface area contributed by atoms with Gasteiger partial charge in [-0.15, -0.1) is 10.2 Å². The van der Waals surface area contributed by atoms with Crippen LogP contribution in [-0.4, -0.2) is 33.3 Å². The van der Waals surface area contributed by atoms with E-state index in [1.807, 2.05) is 45.9 Å². The summed E-state index contributed by atoms with van der Waals surface area (Å²) in [6.07, 6.45) is 0. The smallest absolute Gasteiger partial charge is 0.257 e. The van der Waals surface area contributed by atoms with Crippen LogP contribution in [0.3, 0.4) is 0 Å². The molecule has 0 unspecified atom stereocenters. The molecule has 2 N–H and O–H groups in total. The minimum atomic E-state index is -0.258. The van der Waals surface area contributed by atoms with E-state index in [-0.39, 0.29) is 23.1 Å². The Morgan fingerprint density at radius 2 is 2.00 bits per heavy atom. The van der Waals surface area contributed by atoms with Gasteiger partial charge in [0.25, 0.3) is 5.91 Å². The van der Waals surface area contributed by atoms with Crippen LogP contribution in [0.1, 0.15) is 36.7 Å². The molecule has 0 atom stereocenters. The zero-order chi connectivity index (χ0) is 17.7. The number of carbonyl (C=O) groups excluding carboxylic acids is 2. The summed E-state index contributed by atoms with van der Waals surface area (Å²) in [5, 5.41) is 13.9. The van der Waals surface area contributed by atoms with Gasteiger partial charge in [-0.3, -0.25) is 14.9 Å². The van der Waals surface area contributed by atoms with Gasteiger partial charge in [-0.2, -0.15) is 0 Å². The second-order valence-electron chi connectivity index (χ2n) is 6.28. The summed E-state index contributed by atoms with van der Waals surface area (Å²) >= 11 is 2.55. The van der Waals surface area contributed by atoms with Crippen molar-refractivity contribution in [2.24, 2.45) is 0 Å². The van der Waals surface area contributed by atoms with E-state index in [0.29, 0.717) is 15.0 Å². The molecule has 1 heterocycles. The van der Waals surface area contributed by atoms with Crippen LogP contribution in [-0.2, 0) is 4.79 Å². The number of aromatic nitrogens is 2. The minimum absolute atomic E-state index is 0.0620. The molecule has 24 heavy (non-hydrogen) atoms. The van der Waals surface area contributed by atoms with E-state index in [9.17, 15) is 9.59 Å². The fourth-order valence-electron chi connectivity index (χ4n) is 1.86. The number of hydrogen-bond acceptors (Lipinski definition) is 6. The van der Waals surface area contributed by atoms with Gasteiger partial charge in [0.05, 0.1) is 5.75 Å². The van der Waals surface area contributed by atoms with Crippen LogP contribution >= 0.6 is 23.1 Å². The molecule has 0 aliphatic rings. The Morgan fingerprint density at radius 3 is 2.67 bits per heavy atom. The SMILES string of the molecule is Cc1cccc(C(=O)Nc2nnc(SCC(=O)NC(C)(C)C)s2)c1. The first kappa shape index (κ1) is 18.4. The number of rotatable bonds is 5. The van der Waals surface area contributed by atoms with E-state index in [1.54, 1.807) is 6.07 Å². The molecule has 6 nitrogen and oxygen atoms in total. The highest BCUT2D eigenvalue weighted by Crippen LogP contribution is 2.25. The van der Waals surface area contributed by atoms with Crippen LogP contribution < -0.4 is 10.6 Å². The maximum atomic E-state index is 12.2. The number of hydrogen-bond donors (Lipinski definition) is 2. The van der Waals surface area contributed by atoms with Crippen molar-refractivity contribution in [3.63, 3.8) is 0 Å². The van der Waals surface area contributed by atoms with Gasteiger partial charge in [-0.25, -0.2) is 0 Å². The number of benzene rings is 1. The van der Waals surface area contributed by atoms with Gasteiger partial charge in [-0.1, -0.05) is 40.8 Å². The van der Waals surface area contributed by atoms with Gasteiger partial charge >= 0.3 is 0 Å². The molecule has 1 aromatic carbocycles. The highest BCUT2D eigenvalue weighted by atomic mass is 32.2. The van der Waals surface area contributed by atoms with Crippen molar-refractivity contribution in [1.29, 1.82) is 0 Å². The fourth-order valence-corrected chi connectivity index (χ4v) is 3.40. The molecule has 0 bridgehead atoms. The molecule has 0 saturated carbocycles. The Kier molecular flexibility index (Phi) is 5.95. The third-order valence-electron chi connectivity index (χ3n) is 2.75. The number of nitrogens with zero attached hydrogens (tertiary/aromatic N) is 2. The Labute approximate surface area is 149 Å². The summed E-state index contributed by atoms with van der Waals surface area (Å²) in [4.78, 5) is 23.9. The summed E-state index contributed by atoms with van der Waals surface area (Å²) in [5.41, 5.74) is 1.33. The van der Waals surface area contributed by atoms with Crippen molar-refractivity contribution in [2.75, 3.05) is 11.1 Å². The number of carbonyl (C=O) groups is 2. The van der Waals surface area contributed by atoms with Gasteiger partial charge in [-0.05, 0) is 39.8 Å². The van der Waals surface area contributed by atoms with E-state index in [1.165, 1.54) is 23.1 Å². The monoisotopic (exact) mass is 364 g/mol. The number of amides is 2. The number of anilines is 1. The molecule has 2 amide bonds. The highest BCUT2D eigenvalue weighted by molar-refractivity contribution is 8.01. The van der Waals surface area contributed by atoms with Gasteiger partial charge < -0.3 is 5.32 Å². The number of aryl methyl sites for hydroxylation is 1. The van der Waals surface area contributed by atoms with Crippen molar-refractivity contribution >= 4 is 40.0 Å². The minimum Gasteiger partial charge on any atom is -0.351 e. The zero-order valence-corrected chi connectivity index (χ0v) is 15.7. The Balaban J connectivity index is 1.89. The first-order chi connectivity index (χ1) is 11.2. The normalized spacial score (nSPS) is 11.2. The third-order valence-corrected chi connectivity index (χ3v) is 4.72. The maximum absolute atomic E-state index is 12.2. The van der Waals surface area contributed by atoms with E-state index < -0.39 is 0 Å². The Morgan fingerprint density at radius 1 is 1.25 bits per heavy atom. The van der Waals surface area contributed by atoms with E-state index >= 15 is 0 Å². The first-order valence-corrected chi connectivity index (χ1v) is 9.18. The third kappa shape index (κ3) is 5.93. The quantitative estimate of drug-likeness (QED) is 0.629. The van der Waals surface area contributed by atoms with Gasteiger partial charge in [0.1, 0.15) is 0 Å². The molecule has 0 aliphatic heterocycles. The van der Waals surface area contributed by atoms with Crippen LogP contribution in [0.2, 0.25) is 0 Å². The average Bonchev–Trinajstić information content (AvgIpc) is 2.91. The zero-order valence-electron chi connectivity index (χ0n) is 14.0. The fraction of sp³-hybridized carbons (Fsp3) is 0.375. The second-order valence-corrected chi connectivity index (χ2v) is 8.48. The molecule has 128 valence electrons. The van der Waals surface area contributed by atoms with E-state index in [2.05, 4.69) is 20.8 Å². The van der Waals surface area contributed by atoms with Crippen molar-refractivity contribution in [3.05, 3.63) is 35.4 Å². The molecule has 0 radical (unpaired) electrons. The Hall–Kier alpha value is -1.93. The molecular weight excluding hydrogens is 344 g/mol. The van der Waals surface area contributed by atoms with Crippen LogP contribution in [0.15, 0.2) is 28.6 Å². The van der Waals surface area contributed by atoms with Gasteiger partial charge in [0, 0.05) is 11.1 Å². The van der Waals surface area contributed by atoms with E-state index in [4.69, 9.17) is 0 Å².